The van der Waals surface area contributed by atoms with E-state index in [-0.39, 0.29) is 0 Å². The molecular formula is C46H42N2S. The van der Waals surface area contributed by atoms with Gasteiger partial charge in [-0.3, -0.25) is 0 Å². The molecule has 0 saturated heterocycles. The molecular weight excluding hydrogens is 613 g/mol. The molecule has 242 valence electrons. The SMILES string of the molecule is CC1=C(c2c(C)ccc(C)c2N(c2ccc3c(c2)c2c(n3-c3ccccc3)C=CCC2)c2ccc3c4c(sc3c2C)=CCCC=4)C=CCC1. The summed E-state index contributed by atoms with van der Waals surface area (Å²) >= 11 is 1.97. The van der Waals surface area contributed by atoms with Crippen LogP contribution in [0.5, 0.6) is 0 Å². The van der Waals surface area contributed by atoms with Crippen molar-refractivity contribution in [1.82, 2.24) is 4.57 Å². The summed E-state index contributed by atoms with van der Waals surface area (Å²) in [4.78, 5) is 2.60. The first-order valence-corrected chi connectivity index (χ1v) is 18.7. The fraction of sp³-hybridized carbons (Fsp3) is 0.217. The van der Waals surface area contributed by atoms with Gasteiger partial charge in [-0.1, -0.05) is 72.4 Å². The van der Waals surface area contributed by atoms with Crippen molar-refractivity contribution in [2.75, 3.05) is 4.90 Å². The van der Waals surface area contributed by atoms with Gasteiger partial charge in [-0.05, 0) is 142 Å². The van der Waals surface area contributed by atoms with Crippen LogP contribution in [0.2, 0.25) is 0 Å². The van der Waals surface area contributed by atoms with Gasteiger partial charge in [0, 0.05) is 42.6 Å². The number of aromatic nitrogens is 1. The third-order valence-electron chi connectivity index (χ3n) is 10.9. The molecule has 0 aliphatic heterocycles. The van der Waals surface area contributed by atoms with Crippen molar-refractivity contribution in [2.24, 2.45) is 0 Å². The minimum Gasteiger partial charge on any atom is -0.310 e. The molecule has 0 unspecified atom stereocenters. The van der Waals surface area contributed by atoms with Crippen molar-refractivity contribution in [1.29, 1.82) is 0 Å². The van der Waals surface area contributed by atoms with Crippen LogP contribution in [-0.4, -0.2) is 4.57 Å². The Labute approximate surface area is 293 Å². The average Bonchev–Trinajstić information content (AvgIpc) is 3.68. The van der Waals surface area contributed by atoms with Crippen LogP contribution in [0.4, 0.5) is 17.1 Å². The van der Waals surface area contributed by atoms with Crippen LogP contribution >= 0.6 is 11.3 Å². The molecule has 9 rings (SSSR count). The van der Waals surface area contributed by atoms with Crippen LogP contribution in [0.25, 0.3) is 50.5 Å². The van der Waals surface area contributed by atoms with Gasteiger partial charge in [0.15, 0.2) is 0 Å². The van der Waals surface area contributed by atoms with Crippen molar-refractivity contribution >= 4 is 73.2 Å². The number of anilines is 3. The minimum atomic E-state index is 1.05. The number of hydrogen-bond donors (Lipinski definition) is 0. The van der Waals surface area contributed by atoms with Crippen molar-refractivity contribution in [3.8, 4) is 5.69 Å². The highest BCUT2D eigenvalue weighted by Gasteiger charge is 2.27. The fourth-order valence-corrected chi connectivity index (χ4v) is 9.74. The molecule has 0 bridgehead atoms. The Morgan fingerprint density at radius 3 is 2.37 bits per heavy atom. The summed E-state index contributed by atoms with van der Waals surface area (Å²) in [5.74, 6) is 0. The number of nitrogens with zero attached hydrogens (tertiary/aromatic N) is 2. The zero-order valence-electron chi connectivity index (χ0n) is 28.9. The Bertz CT molecular complexity index is 2530. The van der Waals surface area contributed by atoms with E-state index in [1.807, 2.05) is 11.3 Å². The quantitative estimate of drug-likeness (QED) is 0.180. The van der Waals surface area contributed by atoms with Crippen molar-refractivity contribution in [3.63, 3.8) is 0 Å². The van der Waals surface area contributed by atoms with Gasteiger partial charge in [-0.2, -0.15) is 0 Å². The van der Waals surface area contributed by atoms with E-state index in [0.29, 0.717) is 0 Å². The normalized spacial score (nSPS) is 15.3. The summed E-state index contributed by atoms with van der Waals surface area (Å²) in [5.41, 5.74) is 17.2. The number of benzene rings is 4. The van der Waals surface area contributed by atoms with Crippen molar-refractivity contribution in [3.05, 3.63) is 140 Å². The molecule has 0 amide bonds. The molecule has 49 heavy (non-hydrogen) atoms. The smallest absolute Gasteiger partial charge is 0.0571 e. The molecule has 0 saturated carbocycles. The molecule has 0 N–H and O–H groups in total. The highest BCUT2D eigenvalue weighted by Crippen LogP contribution is 2.48. The number of allylic oxidation sites excluding steroid dienone is 5. The van der Waals surface area contributed by atoms with E-state index in [1.54, 1.807) is 0 Å². The van der Waals surface area contributed by atoms with E-state index in [9.17, 15) is 0 Å². The lowest BCUT2D eigenvalue weighted by Crippen LogP contribution is -2.20. The third-order valence-corrected chi connectivity index (χ3v) is 12.3. The largest absolute Gasteiger partial charge is 0.310 e. The zero-order chi connectivity index (χ0) is 33.2. The van der Waals surface area contributed by atoms with Gasteiger partial charge in [0.05, 0.1) is 16.9 Å². The lowest BCUT2D eigenvalue weighted by molar-refractivity contribution is 0.966. The zero-order valence-corrected chi connectivity index (χ0v) is 29.8. The topological polar surface area (TPSA) is 8.17 Å². The molecule has 2 aromatic heterocycles. The number of rotatable bonds is 5. The number of para-hydroxylation sites is 1. The Kier molecular flexibility index (Phi) is 7.36. The van der Waals surface area contributed by atoms with E-state index in [4.69, 9.17) is 0 Å². The Balaban J connectivity index is 1.36. The lowest BCUT2D eigenvalue weighted by Gasteiger charge is -2.33. The van der Waals surface area contributed by atoms with Crippen LogP contribution in [-0.2, 0) is 6.42 Å². The third kappa shape index (κ3) is 4.82. The first kappa shape index (κ1) is 30.2. The molecule has 3 aliphatic carbocycles. The maximum Gasteiger partial charge on any atom is 0.0571 e. The highest BCUT2D eigenvalue weighted by molar-refractivity contribution is 7.17. The van der Waals surface area contributed by atoms with E-state index in [1.165, 1.54) is 98.1 Å². The summed E-state index contributed by atoms with van der Waals surface area (Å²) in [6.45, 7) is 9.26. The van der Waals surface area contributed by atoms with Crippen molar-refractivity contribution in [2.45, 2.75) is 66.2 Å². The van der Waals surface area contributed by atoms with Gasteiger partial charge in [-0.15, -0.1) is 11.3 Å². The molecule has 4 aromatic carbocycles. The molecule has 2 heterocycles. The Morgan fingerprint density at radius 1 is 0.714 bits per heavy atom. The van der Waals surface area contributed by atoms with E-state index >= 15 is 0 Å². The Morgan fingerprint density at radius 2 is 1.51 bits per heavy atom. The first-order valence-electron chi connectivity index (χ1n) is 17.9. The standard InChI is InChI=1S/C46H42N2S/c1-29-14-8-9-17-35(29)44-30(2)22-23-31(3)45(44)48(40-27-25-38-37-19-11-13-21-43(37)49-46(38)32(40)4)34-24-26-42-39(28-34)36-18-10-12-20-41(36)47(42)33-15-6-5-7-16-33/h5-7,9,12,15-17,19-28H,8,10-11,13-14,18H2,1-4H3. The van der Waals surface area contributed by atoms with Crippen LogP contribution < -0.4 is 14.7 Å². The number of hydrogen-bond acceptors (Lipinski definition) is 2. The summed E-state index contributed by atoms with van der Waals surface area (Å²) in [5, 5.41) is 4.17. The summed E-state index contributed by atoms with van der Waals surface area (Å²) < 4.78 is 5.29. The fourth-order valence-electron chi connectivity index (χ4n) is 8.47. The van der Waals surface area contributed by atoms with Gasteiger partial charge in [0.25, 0.3) is 0 Å². The highest BCUT2D eigenvalue weighted by atomic mass is 32.1. The van der Waals surface area contributed by atoms with Gasteiger partial charge in [-0.25, -0.2) is 0 Å². The number of aryl methyl sites for hydroxylation is 4. The summed E-state index contributed by atoms with van der Waals surface area (Å²) in [7, 11) is 0. The second-order valence-electron chi connectivity index (χ2n) is 14.0. The van der Waals surface area contributed by atoms with Gasteiger partial charge in [0.1, 0.15) is 0 Å². The summed E-state index contributed by atoms with van der Waals surface area (Å²) in [6.07, 6.45) is 20.9. The van der Waals surface area contributed by atoms with Crippen LogP contribution in [0.3, 0.4) is 0 Å². The van der Waals surface area contributed by atoms with Crippen LogP contribution in [0.1, 0.15) is 72.5 Å². The molecule has 0 radical (unpaired) electrons. The Hall–Kier alpha value is -4.86. The molecule has 0 fully saturated rings. The van der Waals surface area contributed by atoms with Crippen LogP contribution in [0.15, 0.2) is 96.6 Å². The number of thiophene rings is 1. The van der Waals surface area contributed by atoms with Gasteiger partial charge < -0.3 is 9.47 Å². The average molecular weight is 655 g/mol. The second kappa shape index (κ2) is 11.9. The molecule has 2 nitrogen and oxygen atoms in total. The molecule has 0 spiro atoms. The molecule has 0 atom stereocenters. The molecule has 6 aromatic rings. The number of fused-ring (bicyclic) bond motifs is 6. The predicted octanol–water partition coefficient (Wildman–Crippen LogP) is 11.7. The molecule has 3 heteroatoms. The first-order chi connectivity index (χ1) is 24.0. The predicted molar refractivity (Wildman–Crippen MR) is 213 cm³/mol. The summed E-state index contributed by atoms with van der Waals surface area (Å²) in [6, 6.07) is 27.5. The van der Waals surface area contributed by atoms with Gasteiger partial charge in [0.2, 0.25) is 0 Å². The van der Waals surface area contributed by atoms with E-state index in [2.05, 4.69) is 146 Å². The van der Waals surface area contributed by atoms with E-state index < -0.39 is 0 Å². The monoisotopic (exact) mass is 654 g/mol. The minimum absolute atomic E-state index is 1.05. The second-order valence-corrected chi connectivity index (χ2v) is 15.1. The van der Waals surface area contributed by atoms with E-state index in [0.717, 1.165) is 38.5 Å². The molecule has 3 aliphatic rings. The van der Waals surface area contributed by atoms with Crippen LogP contribution in [0, 0.1) is 20.8 Å². The maximum absolute atomic E-state index is 2.60. The maximum atomic E-state index is 2.60. The lowest BCUT2D eigenvalue weighted by atomic mass is 9.87. The van der Waals surface area contributed by atoms with Crippen molar-refractivity contribution < 1.29 is 0 Å². The van der Waals surface area contributed by atoms with Gasteiger partial charge >= 0.3 is 0 Å².